The van der Waals surface area contributed by atoms with Crippen molar-refractivity contribution in [3.63, 3.8) is 0 Å². The van der Waals surface area contributed by atoms with Crippen LogP contribution in [-0.4, -0.2) is 89.1 Å². The van der Waals surface area contributed by atoms with Crippen molar-refractivity contribution < 1.29 is 36.2 Å². The molecule has 0 radical (unpaired) electrons. The Morgan fingerprint density at radius 3 is 2.65 bits per heavy atom. The number of alkyl halides is 3. The summed E-state index contributed by atoms with van der Waals surface area (Å²) in [7, 11) is 0. The number of halogens is 5. The second-order valence-electron chi connectivity index (χ2n) is 14.5. The Kier molecular flexibility index (Phi) is 6.65. The molecule has 9 rings (SSSR count). The minimum absolute atomic E-state index is 0.0534. The predicted molar refractivity (Wildman–Crippen MR) is 165 cm³/mol. The lowest BCUT2D eigenvalue weighted by Gasteiger charge is -2.42. The van der Waals surface area contributed by atoms with Gasteiger partial charge in [0.15, 0.2) is 5.82 Å². The van der Waals surface area contributed by atoms with Gasteiger partial charge in [0.1, 0.15) is 34.3 Å². The molecule has 5 fully saturated rings. The predicted octanol–water partition coefficient (Wildman–Crippen LogP) is 4.60. The highest BCUT2D eigenvalue weighted by Gasteiger charge is 2.50. The molecule has 6 aliphatic rings. The van der Waals surface area contributed by atoms with Crippen LogP contribution in [-0.2, 0) is 10.9 Å². The lowest BCUT2D eigenvalue weighted by molar-refractivity contribution is -0.137. The number of piperazine rings is 1. The average Bonchev–Trinajstić information content (AvgIpc) is 3.31. The Bertz CT molecular complexity index is 1840. The van der Waals surface area contributed by atoms with Gasteiger partial charge in [-0.1, -0.05) is 0 Å². The summed E-state index contributed by atoms with van der Waals surface area (Å²) in [5.41, 5.74) is 1.36. The number of ether oxygens (including phenoxy) is 3. The van der Waals surface area contributed by atoms with E-state index in [-0.39, 0.29) is 52.4 Å². The highest BCUT2D eigenvalue weighted by Crippen LogP contribution is 2.50. The fraction of sp³-hybridized carbons (Fsp3) is 0.606. The van der Waals surface area contributed by atoms with Crippen molar-refractivity contribution in [2.24, 2.45) is 5.41 Å². The molecule has 4 bridgehead atoms. The van der Waals surface area contributed by atoms with Crippen molar-refractivity contribution in [1.29, 1.82) is 0 Å². The number of nitrogen functional groups attached to an aromatic ring is 1. The molecular formula is C33H36F5N7O3. The van der Waals surface area contributed by atoms with E-state index in [0.29, 0.717) is 25.0 Å². The number of nitrogens with one attached hydrogen (secondary N) is 1. The Hall–Kier alpha value is -3.56. The van der Waals surface area contributed by atoms with Crippen LogP contribution >= 0.6 is 0 Å². The fourth-order valence-corrected chi connectivity index (χ4v) is 8.75. The van der Waals surface area contributed by atoms with Gasteiger partial charge in [0.2, 0.25) is 5.88 Å². The van der Waals surface area contributed by atoms with Gasteiger partial charge in [0.05, 0.1) is 36.6 Å². The summed E-state index contributed by atoms with van der Waals surface area (Å²) in [6, 6.07) is 1.13. The molecule has 48 heavy (non-hydrogen) atoms. The number of morpholine rings is 1. The van der Waals surface area contributed by atoms with E-state index in [2.05, 4.69) is 25.1 Å². The van der Waals surface area contributed by atoms with Gasteiger partial charge in [-0.2, -0.15) is 23.1 Å². The quantitative estimate of drug-likeness (QED) is 0.285. The minimum atomic E-state index is -5.03. The highest BCUT2D eigenvalue weighted by atomic mass is 19.4. The number of hydrogen-bond donors (Lipinski definition) is 2. The second kappa shape index (κ2) is 10.5. The first kappa shape index (κ1) is 30.5. The summed E-state index contributed by atoms with van der Waals surface area (Å²) in [5, 5.41) is 3.79. The summed E-state index contributed by atoms with van der Waals surface area (Å²) in [5.74, 6) is -2.07. The molecule has 3 N–H and O–H groups in total. The zero-order valence-electron chi connectivity index (χ0n) is 26.5. The molecule has 256 valence electrons. The van der Waals surface area contributed by atoms with E-state index in [0.717, 1.165) is 64.8 Å². The molecule has 1 aromatic carbocycles. The van der Waals surface area contributed by atoms with Gasteiger partial charge in [0, 0.05) is 48.7 Å². The normalized spacial score (nSPS) is 30.0. The van der Waals surface area contributed by atoms with Gasteiger partial charge < -0.3 is 30.2 Å². The molecule has 1 saturated carbocycles. The molecule has 1 aliphatic carbocycles. The standard InChI is InChI=1S/C33H36F5N7O3/c1-14-23(33(36,37)38)19(8-20(39)24(14)34)26-25(35)27-22-29(45-9-16-3-4-21(40-16)28(45)15(2)48-30(22)41-26)43-31(42-27)47-13-32(5-6-32)12-44-10-18-7-17(44)11-46-18/h8,15-18,21,28,40H,3-7,9-13,39H2,1-2H3/t15-,16+,17+,18+,21-,28+/m0/s1. The van der Waals surface area contributed by atoms with E-state index in [9.17, 15) is 17.6 Å². The summed E-state index contributed by atoms with van der Waals surface area (Å²) in [6.07, 6.45) is -0.425. The van der Waals surface area contributed by atoms with Crippen molar-refractivity contribution in [3.05, 3.63) is 28.8 Å². The van der Waals surface area contributed by atoms with Crippen LogP contribution in [0.25, 0.3) is 22.2 Å². The van der Waals surface area contributed by atoms with Crippen LogP contribution in [0.4, 0.5) is 33.5 Å². The highest BCUT2D eigenvalue weighted by molar-refractivity contribution is 5.97. The number of benzene rings is 1. The average molecular weight is 674 g/mol. The van der Waals surface area contributed by atoms with E-state index in [1.807, 2.05) is 6.92 Å². The lowest BCUT2D eigenvalue weighted by atomic mass is 9.96. The maximum absolute atomic E-state index is 16.8. The molecule has 15 heteroatoms. The van der Waals surface area contributed by atoms with Crippen molar-refractivity contribution in [1.82, 2.24) is 25.2 Å². The minimum Gasteiger partial charge on any atom is -0.472 e. The molecule has 7 heterocycles. The van der Waals surface area contributed by atoms with Crippen LogP contribution < -0.4 is 25.4 Å². The van der Waals surface area contributed by atoms with Crippen molar-refractivity contribution in [3.8, 4) is 23.1 Å². The zero-order valence-corrected chi connectivity index (χ0v) is 26.5. The third-order valence-electron chi connectivity index (χ3n) is 11.3. The summed E-state index contributed by atoms with van der Waals surface area (Å²) < 4.78 is 93.3. The van der Waals surface area contributed by atoms with Crippen LogP contribution in [0.1, 0.15) is 50.2 Å². The Balaban J connectivity index is 1.18. The van der Waals surface area contributed by atoms with E-state index in [1.165, 1.54) is 0 Å². The van der Waals surface area contributed by atoms with Crippen LogP contribution in [0.5, 0.6) is 11.9 Å². The fourth-order valence-electron chi connectivity index (χ4n) is 8.75. The SMILES string of the molecule is Cc1c(F)c(N)cc(-c2nc3c4c(nc(OCC5(CN6C[C@H]7C[C@@H]6CO7)CC5)nc4c2F)N2C[C@H]4CC[C@H](N4)[C@H]2[C@H](C)O3)c1C(F)(F)F. The van der Waals surface area contributed by atoms with Gasteiger partial charge in [-0.25, -0.2) is 13.8 Å². The molecule has 0 spiro atoms. The Morgan fingerprint density at radius 2 is 1.94 bits per heavy atom. The van der Waals surface area contributed by atoms with E-state index in [1.54, 1.807) is 0 Å². The number of hydrogen-bond acceptors (Lipinski definition) is 10. The van der Waals surface area contributed by atoms with Crippen molar-refractivity contribution in [2.75, 3.05) is 43.5 Å². The van der Waals surface area contributed by atoms with Crippen molar-refractivity contribution in [2.45, 2.75) is 88.5 Å². The molecule has 0 unspecified atom stereocenters. The molecular weight excluding hydrogens is 637 g/mol. The number of likely N-dealkylation sites (tertiary alicyclic amines) is 1. The lowest BCUT2D eigenvalue weighted by Crippen LogP contribution is -2.62. The molecule has 5 aliphatic heterocycles. The number of nitrogens with zero attached hydrogens (tertiary/aromatic N) is 5. The number of rotatable bonds is 6. The number of pyridine rings is 1. The molecule has 4 saturated heterocycles. The Labute approximate surface area is 273 Å². The van der Waals surface area contributed by atoms with Gasteiger partial charge in [-0.15, -0.1) is 0 Å². The summed E-state index contributed by atoms with van der Waals surface area (Å²) in [6.45, 7) is 6.19. The molecule has 3 aromatic rings. The van der Waals surface area contributed by atoms with Crippen molar-refractivity contribution >= 4 is 22.4 Å². The first-order chi connectivity index (χ1) is 22.9. The number of anilines is 2. The monoisotopic (exact) mass is 673 g/mol. The summed E-state index contributed by atoms with van der Waals surface area (Å²) in [4.78, 5) is 18.2. The third-order valence-corrected chi connectivity index (χ3v) is 11.3. The number of fused-ring (bicyclic) bond motifs is 7. The van der Waals surface area contributed by atoms with Crippen LogP contribution in [0.2, 0.25) is 0 Å². The zero-order chi connectivity index (χ0) is 33.3. The van der Waals surface area contributed by atoms with E-state index < -0.39 is 52.0 Å². The maximum atomic E-state index is 16.8. The Morgan fingerprint density at radius 1 is 1.12 bits per heavy atom. The van der Waals surface area contributed by atoms with Gasteiger partial charge in [-0.05, 0) is 57.6 Å². The van der Waals surface area contributed by atoms with Crippen LogP contribution in [0.3, 0.4) is 0 Å². The maximum Gasteiger partial charge on any atom is 0.417 e. The smallest absolute Gasteiger partial charge is 0.417 e. The molecule has 2 aromatic heterocycles. The van der Waals surface area contributed by atoms with Gasteiger partial charge in [-0.3, -0.25) is 4.90 Å². The first-order valence-electron chi connectivity index (χ1n) is 16.6. The number of nitrogens with two attached hydrogens (primary N) is 1. The van der Waals surface area contributed by atoms with Crippen LogP contribution in [0.15, 0.2) is 6.07 Å². The third kappa shape index (κ3) is 4.71. The van der Waals surface area contributed by atoms with Gasteiger partial charge >= 0.3 is 12.2 Å². The number of aromatic nitrogens is 3. The summed E-state index contributed by atoms with van der Waals surface area (Å²) >= 11 is 0. The largest absolute Gasteiger partial charge is 0.472 e. The second-order valence-corrected chi connectivity index (χ2v) is 14.5. The van der Waals surface area contributed by atoms with E-state index in [4.69, 9.17) is 24.9 Å². The first-order valence-corrected chi connectivity index (χ1v) is 16.6. The topological polar surface area (TPSA) is 111 Å². The molecule has 0 amide bonds. The van der Waals surface area contributed by atoms with E-state index >= 15 is 4.39 Å². The van der Waals surface area contributed by atoms with Gasteiger partial charge in [0.25, 0.3) is 0 Å². The van der Waals surface area contributed by atoms with Crippen LogP contribution in [0, 0.1) is 24.0 Å². The molecule has 10 nitrogen and oxygen atoms in total. The molecule has 6 atom stereocenters.